The molecule has 0 radical (unpaired) electrons. The molecule has 1 atom stereocenters. The molecule has 2 aliphatic rings. The molecule has 1 aromatic carbocycles. The number of anilines is 2. The van der Waals surface area contributed by atoms with Gasteiger partial charge in [-0.15, -0.1) is 0 Å². The number of nitrogens with one attached hydrogen (secondary N) is 1. The monoisotopic (exact) mass is 409 g/mol. The molecule has 1 amide bonds. The zero-order chi connectivity index (χ0) is 20.0. The fraction of sp³-hybridized carbons (Fsp3) is 0.650. The maximum absolute atomic E-state index is 12.5. The molecule has 1 unspecified atom stereocenters. The van der Waals surface area contributed by atoms with E-state index in [2.05, 4.69) is 9.62 Å². The lowest BCUT2D eigenvalue weighted by Crippen LogP contribution is -2.41. The van der Waals surface area contributed by atoms with Crippen molar-refractivity contribution in [3.63, 3.8) is 0 Å². The standard InChI is InChI=1S/C20H31N3O4S/c1-2-22(15-19-7-6-14-27-19)20(24)16-28(25,26)21-17-8-10-18(11-9-17)23-12-4-3-5-13-23/h8-11,19,21H,2-7,12-16H2,1H3. The van der Waals surface area contributed by atoms with E-state index in [4.69, 9.17) is 4.74 Å². The third-order valence-corrected chi connectivity index (χ3v) is 6.53. The zero-order valence-corrected chi connectivity index (χ0v) is 17.4. The van der Waals surface area contributed by atoms with Crippen LogP contribution in [0.1, 0.15) is 39.0 Å². The summed E-state index contributed by atoms with van der Waals surface area (Å²) < 4.78 is 33.0. The summed E-state index contributed by atoms with van der Waals surface area (Å²) in [6.07, 6.45) is 5.57. The predicted molar refractivity (Wildman–Crippen MR) is 111 cm³/mol. The van der Waals surface area contributed by atoms with E-state index in [1.165, 1.54) is 19.3 Å². The Balaban J connectivity index is 1.55. The zero-order valence-electron chi connectivity index (χ0n) is 16.6. The van der Waals surface area contributed by atoms with Crippen LogP contribution in [-0.2, 0) is 19.6 Å². The number of ether oxygens (including phenoxy) is 1. The Bertz CT molecular complexity index is 739. The fourth-order valence-electron chi connectivity index (χ4n) is 3.80. The minimum atomic E-state index is -3.76. The average Bonchev–Trinajstić information content (AvgIpc) is 3.20. The minimum Gasteiger partial charge on any atom is -0.376 e. The number of sulfonamides is 1. The van der Waals surface area contributed by atoms with Crippen molar-refractivity contribution in [2.45, 2.75) is 45.1 Å². The van der Waals surface area contributed by atoms with Crippen LogP contribution in [-0.4, -0.2) is 63.9 Å². The number of benzene rings is 1. The van der Waals surface area contributed by atoms with Gasteiger partial charge >= 0.3 is 0 Å². The summed E-state index contributed by atoms with van der Waals surface area (Å²) in [5, 5.41) is 0. The molecule has 0 bridgehead atoms. The van der Waals surface area contributed by atoms with E-state index in [0.29, 0.717) is 25.4 Å². The topological polar surface area (TPSA) is 78.9 Å². The fourth-order valence-corrected chi connectivity index (χ4v) is 4.88. The highest BCUT2D eigenvalue weighted by Gasteiger charge is 2.25. The molecule has 1 aromatic rings. The number of carbonyl (C=O) groups is 1. The van der Waals surface area contributed by atoms with Crippen LogP contribution in [0.2, 0.25) is 0 Å². The van der Waals surface area contributed by atoms with E-state index in [9.17, 15) is 13.2 Å². The molecule has 3 rings (SSSR count). The van der Waals surface area contributed by atoms with Gasteiger partial charge in [-0.1, -0.05) is 0 Å². The summed E-state index contributed by atoms with van der Waals surface area (Å²) in [6.45, 7) is 5.57. The van der Waals surface area contributed by atoms with Crippen LogP contribution in [0.25, 0.3) is 0 Å². The van der Waals surface area contributed by atoms with E-state index < -0.39 is 21.7 Å². The first-order valence-electron chi connectivity index (χ1n) is 10.2. The number of nitrogens with zero attached hydrogens (tertiary/aromatic N) is 2. The van der Waals surface area contributed by atoms with Crippen LogP contribution in [0.4, 0.5) is 11.4 Å². The second kappa shape index (κ2) is 9.60. The van der Waals surface area contributed by atoms with E-state index in [-0.39, 0.29) is 6.10 Å². The summed E-state index contributed by atoms with van der Waals surface area (Å²) in [7, 11) is -3.76. The lowest BCUT2D eigenvalue weighted by molar-refractivity contribution is -0.129. The maximum Gasteiger partial charge on any atom is 0.241 e. The summed E-state index contributed by atoms with van der Waals surface area (Å²) in [5.41, 5.74) is 1.59. The molecule has 0 aliphatic carbocycles. The molecule has 1 N–H and O–H groups in total. The van der Waals surface area contributed by atoms with Gasteiger partial charge in [-0.3, -0.25) is 9.52 Å². The number of hydrogen-bond donors (Lipinski definition) is 1. The highest BCUT2D eigenvalue weighted by atomic mass is 32.2. The third-order valence-electron chi connectivity index (χ3n) is 5.36. The van der Waals surface area contributed by atoms with Crippen LogP contribution in [0.15, 0.2) is 24.3 Å². The van der Waals surface area contributed by atoms with Gasteiger partial charge in [-0.05, 0) is 63.3 Å². The van der Waals surface area contributed by atoms with E-state index in [1.807, 2.05) is 19.1 Å². The van der Waals surface area contributed by atoms with Crippen LogP contribution < -0.4 is 9.62 Å². The Morgan fingerprint density at radius 3 is 2.50 bits per heavy atom. The molecule has 8 heteroatoms. The summed E-state index contributed by atoms with van der Waals surface area (Å²) in [5.74, 6) is -0.947. The molecule has 2 fully saturated rings. The molecule has 28 heavy (non-hydrogen) atoms. The summed E-state index contributed by atoms with van der Waals surface area (Å²) >= 11 is 0. The molecule has 2 heterocycles. The van der Waals surface area contributed by atoms with Gasteiger partial charge in [0.25, 0.3) is 0 Å². The predicted octanol–water partition coefficient (Wildman–Crippen LogP) is 2.45. The minimum absolute atomic E-state index is 0.0156. The highest BCUT2D eigenvalue weighted by Crippen LogP contribution is 2.22. The van der Waals surface area contributed by atoms with Gasteiger partial charge in [0.05, 0.1) is 6.10 Å². The van der Waals surface area contributed by atoms with Crippen LogP contribution in [0.5, 0.6) is 0 Å². The smallest absolute Gasteiger partial charge is 0.241 e. The van der Waals surface area contributed by atoms with E-state index in [0.717, 1.165) is 31.6 Å². The second-order valence-electron chi connectivity index (χ2n) is 7.52. The van der Waals surface area contributed by atoms with Crippen LogP contribution in [0, 0.1) is 0 Å². The first-order chi connectivity index (χ1) is 13.5. The van der Waals surface area contributed by atoms with Gasteiger partial charge in [0, 0.05) is 44.2 Å². The Morgan fingerprint density at radius 2 is 1.89 bits per heavy atom. The number of amides is 1. The van der Waals surface area contributed by atoms with Gasteiger partial charge < -0.3 is 14.5 Å². The SMILES string of the molecule is CCN(CC1CCCO1)C(=O)CS(=O)(=O)Nc1ccc(N2CCCCC2)cc1. The Hall–Kier alpha value is -1.80. The second-order valence-corrected chi connectivity index (χ2v) is 9.25. The van der Waals surface area contributed by atoms with Gasteiger partial charge in [0.15, 0.2) is 0 Å². The van der Waals surface area contributed by atoms with Crippen molar-refractivity contribution < 1.29 is 17.9 Å². The lowest BCUT2D eigenvalue weighted by atomic mass is 10.1. The highest BCUT2D eigenvalue weighted by molar-refractivity contribution is 7.93. The van der Waals surface area contributed by atoms with Gasteiger partial charge in [0.1, 0.15) is 5.75 Å². The third kappa shape index (κ3) is 5.85. The molecule has 0 saturated carbocycles. The van der Waals surface area contributed by atoms with Gasteiger partial charge in [-0.25, -0.2) is 8.42 Å². The normalized spacial score (nSPS) is 20.2. The largest absolute Gasteiger partial charge is 0.376 e. The molecular formula is C20H31N3O4S. The average molecular weight is 410 g/mol. The van der Waals surface area contributed by atoms with Gasteiger partial charge in [-0.2, -0.15) is 0 Å². The van der Waals surface area contributed by atoms with Crippen LogP contribution >= 0.6 is 0 Å². The number of rotatable bonds is 8. The number of piperidine rings is 1. The van der Waals surface area contributed by atoms with Crippen molar-refractivity contribution >= 4 is 27.3 Å². The molecule has 2 aliphatic heterocycles. The Kier molecular flexibility index (Phi) is 7.18. The van der Waals surface area contributed by atoms with Crippen molar-refractivity contribution in [1.82, 2.24) is 4.90 Å². The molecular weight excluding hydrogens is 378 g/mol. The van der Waals surface area contributed by atoms with Crippen molar-refractivity contribution in [1.29, 1.82) is 0 Å². The van der Waals surface area contributed by atoms with E-state index in [1.54, 1.807) is 17.0 Å². The maximum atomic E-state index is 12.5. The first kappa shape index (κ1) is 20.9. The van der Waals surface area contributed by atoms with Crippen molar-refractivity contribution in [3.05, 3.63) is 24.3 Å². The molecule has 0 spiro atoms. The first-order valence-corrected chi connectivity index (χ1v) is 11.9. The van der Waals surface area contributed by atoms with Gasteiger partial charge in [0.2, 0.25) is 15.9 Å². The van der Waals surface area contributed by atoms with Crippen molar-refractivity contribution in [2.75, 3.05) is 48.2 Å². The molecule has 7 nitrogen and oxygen atoms in total. The molecule has 156 valence electrons. The summed E-state index contributed by atoms with van der Waals surface area (Å²) in [6, 6.07) is 7.38. The molecule has 2 saturated heterocycles. The van der Waals surface area contributed by atoms with Crippen molar-refractivity contribution in [3.8, 4) is 0 Å². The Labute approximate surface area is 168 Å². The number of hydrogen-bond acceptors (Lipinski definition) is 5. The lowest BCUT2D eigenvalue weighted by Gasteiger charge is -2.28. The van der Waals surface area contributed by atoms with Crippen molar-refractivity contribution in [2.24, 2.45) is 0 Å². The van der Waals surface area contributed by atoms with Crippen LogP contribution in [0.3, 0.4) is 0 Å². The molecule has 0 aromatic heterocycles. The summed E-state index contributed by atoms with van der Waals surface area (Å²) in [4.78, 5) is 16.4. The van der Waals surface area contributed by atoms with E-state index >= 15 is 0 Å². The number of carbonyl (C=O) groups excluding carboxylic acids is 1. The number of likely N-dealkylation sites (N-methyl/N-ethyl adjacent to an activating group) is 1. The quantitative estimate of drug-likeness (QED) is 0.713. The Morgan fingerprint density at radius 1 is 1.18 bits per heavy atom.